The van der Waals surface area contributed by atoms with Crippen LogP contribution in [0.1, 0.15) is 36.7 Å². The van der Waals surface area contributed by atoms with Crippen LogP contribution in [0.2, 0.25) is 0 Å². The molecule has 2 aromatic rings. The monoisotopic (exact) mass is 438 g/mol. The molecule has 0 radical (unpaired) electrons. The summed E-state index contributed by atoms with van der Waals surface area (Å²) in [5.41, 5.74) is 0.983. The maximum absolute atomic E-state index is 13.3. The molecular formula is C21H25F3N4O3. The summed E-state index contributed by atoms with van der Waals surface area (Å²) in [5, 5.41) is 6.99. The van der Waals surface area contributed by atoms with Crippen molar-refractivity contribution in [3.63, 3.8) is 0 Å². The number of anilines is 1. The largest absolute Gasteiger partial charge is 0.450 e. The Bertz CT molecular complexity index is 963. The lowest BCUT2D eigenvalue weighted by molar-refractivity contribution is -0.137. The van der Waals surface area contributed by atoms with Crippen LogP contribution in [0.25, 0.3) is 5.69 Å². The Morgan fingerprint density at radius 2 is 1.87 bits per heavy atom. The Morgan fingerprint density at radius 1 is 1.19 bits per heavy atom. The molecule has 7 nitrogen and oxygen atoms in total. The van der Waals surface area contributed by atoms with E-state index in [4.69, 9.17) is 4.74 Å². The second-order valence-corrected chi connectivity index (χ2v) is 7.52. The third-order valence-corrected chi connectivity index (χ3v) is 5.21. The fourth-order valence-corrected chi connectivity index (χ4v) is 3.64. The van der Waals surface area contributed by atoms with Gasteiger partial charge < -0.3 is 15.0 Å². The van der Waals surface area contributed by atoms with Gasteiger partial charge in [-0.15, -0.1) is 0 Å². The summed E-state index contributed by atoms with van der Waals surface area (Å²) >= 11 is 0. The number of amides is 2. The van der Waals surface area contributed by atoms with Gasteiger partial charge in [-0.2, -0.15) is 18.3 Å². The number of hydrogen-bond donors (Lipinski definition) is 1. The molecule has 1 fully saturated rings. The quantitative estimate of drug-likeness (QED) is 0.772. The molecule has 1 N–H and O–H groups in total. The Morgan fingerprint density at radius 3 is 2.42 bits per heavy atom. The van der Waals surface area contributed by atoms with E-state index >= 15 is 0 Å². The minimum absolute atomic E-state index is 0.0406. The molecule has 2 amide bonds. The third kappa shape index (κ3) is 5.18. The van der Waals surface area contributed by atoms with Crippen molar-refractivity contribution < 1.29 is 27.5 Å². The number of carbonyl (C=O) groups excluding carboxylic acids is 2. The van der Waals surface area contributed by atoms with Crippen LogP contribution < -0.4 is 5.32 Å². The van der Waals surface area contributed by atoms with Crippen LogP contribution in [0.3, 0.4) is 0 Å². The molecule has 0 aliphatic carbocycles. The molecule has 10 heteroatoms. The smallest absolute Gasteiger partial charge is 0.416 e. The minimum Gasteiger partial charge on any atom is -0.450 e. The van der Waals surface area contributed by atoms with Gasteiger partial charge >= 0.3 is 12.3 Å². The number of alkyl halides is 3. The molecule has 1 saturated heterocycles. The molecule has 0 bridgehead atoms. The molecule has 168 valence electrons. The molecular weight excluding hydrogens is 413 g/mol. The van der Waals surface area contributed by atoms with E-state index in [-0.39, 0.29) is 18.2 Å². The number of ether oxygens (including phenoxy) is 1. The number of benzene rings is 1. The fourth-order valence-electron chi connectivity index (χ4n) is 3.64. The lowest BCUT2D eigenvalue weighted by atomic mass is 9.96. The number of nitrogens with one attached hydrogen (secondary N) is 1. The highest BCUT2D eigenvalue weighted by Crippen LogP contribution is 2.34. The van der Waals surface area contributed by atoms with E-state index in [2.05, 4.69) is 10.4 Å². The molecule has 1 aliphatic rings. The van der Waals surface area contributed by atoms with Crippen LogP contribution in [0.15, 0.2) is 24.3 Å². The molecule has 0 unspecified atom stereocenters. The van der Waals surface area contributed by atoms with Crippen molar-refractivity contribution >= 4 is 17.7 Å². The van der Waals surface area contributed by atoms with E-state index in [1.807, 2.05) is 0 Å². The topological polar surface area (TPSA) is 76.5 Å². The molecule has 3 rings (SSSR count). The highest BCUT2D eigenvalue weighted by molar-refractivity contribution is 5.94. The normalized spacial score (nSPS) is 15.1. The Labute approximate surface area is 178 Å². The van der Waals surface area contributed by atoms with Crippen molar-refractivity contribution in [1.82, 2.24) is 14.7 Å². The van der Waals surface area contributed by atoms with Gasteiger partial charge in [0, 0.05) is 24.7 Å². The van der Waals surface area contributed by atoms with E-state index in [1.54, 1.807) is 26.8 Å². The first-order valence-electron chi connectivity index (χ1n) is 10.1. The van der Waals surface area contributed by atoms with Crippen LogP contribution in [0, 0.1) is 19.8 Å². The van der Waals surface area contributed by atoms with Crippen LogP contribution in [0.4, 0.5) is 23.7 Å². The van der Waals surface area contributed by atoms with Crippen molar-refractivity contribution in [2.45, 2.75) is 39.8 Å². The Kier molecular flexibility index (Phi) is 6.56. The summed E-state index contributed by atoms with van der Waals surface area (Å²) in [5.74, 6) is -0.806. The van der Waals surface area contributed by atoms with Gasteiger partial charge in [-0.05, 0) is 57.9 Å². The van der Waals surface area contributed by atoms with Crippen molar-refractivity contribution in [3.8, 4) is 5.69 Å². The Hall–Kier alpha value is -3.04. The minimum atomic E-state index is -4.54. The lowest BCUT2D eigenvalue weighted by Gasteiger charge is -2.30. The maximum atomic E-state index is 13.3. The molecule has 0 saturated carbocycles. The fraction of sp³-hybridized carbons (Fsp3) is 0.476. The Balaban J connectivity index is 1.82. The second kappa shape index (κ2) is 8.99. The molecule has 1 aromatic carbocycles. The molecule has 2 heterocycles. The van der Waals surface area contributed by atoms with Gasteiger partial charge in [-0.3, -0.25) is 4.79 Å². The lowest BCUT2D eigenvalue weighted by Crippen LogP contribution is -2.41. The van der Waals surface area contributed by atoms with Gasteiger partial charge in [0.15, 0.2) is 0 Å². The predicted molar refractivity (Wildman–Crippen MR) is 108 cm³/mol. The number of piperidine rings is 1. The summed E-state index contributed by atoms with van der Waals surface area (Å²) in [4.78, 5) is 26.2. The van der Waals surface area contributed by atoms with Gasteiger partial charge in [0.2, 0.25) is 5.91 Å². The van der Waals surface area contributed by atoms with Crippen LogP contribution in [-0.2, 0) is 15.7 Å². The first kappa shape index (κ1) is 22.6. The molecule has 1 aliphatic heterocycles. The zero-order valence-corrected chi connectivity index (χ0v) is 17.6. The third-order valence-electron chi connectivity index (χ3n) is 5.21. The second-order valence-electron chi connectivity index (χ2n) is 7.52. The van der Waals surface area contributed by atoms with Gasteiger partial charge in [-0.1, -0.05) is 0 Å². The first-order valence-corrected chi connectivity index (χ1v) is 10.1. The number of aromatic nitrogens is 2. The van der Waals surface area contributed by atoms with Crippen molar-refractivity contribution in [2.75, 3.05) is 25.0 Å². The number of rotatable bonds is 4. The van der Waals surface area contributed by atoms with E-state index in [0.717, 1.165) is 17.8 Å². The van der Waals surface area contributed by atoms with Crippen LogP contribution in [-0.4, -0.2) is 46.4 Å². The van der Waals surface area contributed by atoms with E-state index in [1.165, 1.54) is 15.6 Å². The zero-order chi connectivity index (χ0) is 22.8. The summed E-state index contributed by atoms with van der Waals surface area (Å²) in [6.45, 7) is 6.25. The SMILES string of the molecule is CCOC(=O)N1CCC(C(=O)Nc2cc(C(F)(F)F)ccc2-n2nc(C)cc2C)CC1. The van der Waals surface area contributed by atoms with Gasteiger partial charge in [-0.25, -0.2) is 9.48 Å². The number of halogens is 3. The highest BCUT2D eigenvalue weighted by Gasteiger charge is 2.33. The van der Waals surface area contributed by atoms with Gasteiger partial charge in [0.25, 0.3) is 0 Å². The van der Waals surface area contributed by atoms with Crippen LogP contribution in [0.5, 0.6) is 0 Å². The highest BCUT2D eigenvalue weighted by atomic mass is 19.4. The molecule has 0 spiro atoms. The van der Waals surface area contributed by atoms with E-state index in [9.17, 15) is 22.8 Å². The number of aryl methyl sites for hydroxylation is 2. The molecule has 1 aromatic heterocycles. The summed E-state index contributed by atoms with van der Waals surface area (Å²) in [6.07, 6.45) is -4.17. The maximum Gasteiger partial charge on any atom is 0.416 e. The van der Waals surface area contributed by atoms with Crippen molar-refractivity contribution in [2.24, 2.45) is 5.92 Å². The number of hydrogen-bond acceptors (Lipinski definition) is 4. The van der Waals surface area contributed by atoms with Crippen molar-refractivity contribution in [1.29, 1.82) is 0 Å². The number of likely N-dealkylation sites (tertiary alicyclic amines) is 1. The predicted octanol–water partition coefficient (Wildman–Crippen LogP) is 4.31. The summed E-state index contributed by atoms with van der Waals surface area (Å²) in [6, 6.07) is 5.01. The van der Waals surface area contributed by atoms with Gasteiger partial charge in [0.05, 0.1) is 29.2 Å². The number of nitrogens with zero attached hydrogens (tertiary/aromatic N) is 3. The molecule has 31 heavy (non-hydrogen) atoms. The zero-order valence-electron chi connectivity index (χ0n) is 17.6. The number of carbonyl (C=O) groups is 2. The van der Waals surface area contributed by atoms with E-state index < -0.39 is 23.8 Å². The average molecular weight is 438 g/mol. The standard InChI is InChI=1S/C21H25F3N4O3/c1-4-31-20(30)27-9-7-15(8-10-27)19(29)25-17-12-16(21(22,23)24)5-6-18(17)28-14(3)11-13(2)26-28/h5-6,11-12,15H,4,7-10H2,1-3H3,(H,25,29). The molecule has 0 atom stereocenters. The summed E-state index contributed by atoms with van der Waals surface area (Å²) in [7, 11) is 0. The van der Waals surface area contributed by atoms with Crippen LogP contribution >= 0.6 is 0 Å². The average Bonchev–Trinajstić information content (AvgIpc) is 3.05. The van der Waals surface area contributed by atoms with E-state index in [0.29, 0.717) is 37.3 Å². The summed E-state index contributed by atoms with van der Waals surface area (Å²) < 4.78 is 46.3. The van der Waals surface area contributed by atoms with Crippen molar-refractivity contribution in [3.05, 3.63) is 41.2 Å². The first-order chi connectivity index (χ1) is 14.6. The van der Waals surface area contributed by atoms with Gasteiger partial charge in [0.1, 0.15) is 0 Å².